The number of fused-ring (bicyclic) bond motifs is 1. The zero-order valence-electron chi connectivity index (χ0n) is 8.88. The third-order valence-corrected chi connectivity index (χ3v) is 3.35. The quantitative estimate of drug-likeness (QED) is 0.528. The topological polar surface area (TPSA) is 65.0 Å². The lowest BCUT2D eigenvalue weighted by molar-refractivity contribution is -0.164. The van der Waals surface area contributed by atoms with Crippen LogP contribution in [0.1, 0.15) is 12.8 Å². The molecule has 2 aliphatic rings. The molecule has 0 aromatic heterocycles. The van der Waals surface area contributed by atoms with Crippen molar-refractivity contribution >= 4 is 5.97 Å². The van der Waals surface area contributed by atoms with Crippen molar-refractivity contribution in [3.63, 3.8) is 0 Å². The van der Waals surface area contributed by atoms with E-state index >= 15 is 0 Å². The second-order valence-corrected chi connectivity index (χ2v) is 4.12. The number of carbonyl (C=O) groups is 1. The highest BCUT2D eigenvalue weighted by Gasteiger charge is 2.52. The average Bonchev–Trinajstić information content (AvgIpc) is 2.66. The van der Waals surface area contributed by atoms with E-state index < -0.39 is 12.4 Å². The van der Waals surface area contributed by atoms with Gasteiger partial charge in [-0.2, -0.15) is 0 Å². The first-order chi connectivity index (χ1) is 7.17. The number of esters is 1. The molecule has 1 saturated heterocycles. The molecule has 5 heteroatoms. The molecule has 0 amide bonds. The molecule has 1 aliphatic carbocycles. The monoisotopic (exact) mass is 216 g/mol. The van der Waals surface area contributed by atoms with Crippen LogP contribution in [0.2, 0.25) is 0 Å². The van der Waals surface area contributed by atoms with Gasteiger partial charge in [0.05, 0.1) is 12.5 Å². The standard InChI is InChI=1S/C10H16O5/c1-13-10(14-2)9-5-3-8(12)15-7(5)4-6(9)11/h5-7,9-11H,3-4H2,1-2H3/t5?,6-,7+,9-/m1/s1. The second kappa shape index (κ2) is 4.08. The zero-order chi connectivity index (χ0) is 11.0. The lowest BCUT2D eigenvalue weighted by Gasteiger charge is -2.26. The number of aliphatic hydroxyl groups is 1. The van der Waals surface area contributed by atoms with Crippen LogP contribution in [0.15, 0.2) is 0 Å². The summed E-state index contributed by atoms with van der Waals surface area (Å²) >= 11 is 0. The van der Waals surface area contributed by atoms with Crippen molar-refractivity contribution < 1.29 is 24.1 Å². The molecule has 4 atom stereocenters. The average molecular weight is 216 g/mol. The maximum absolute atomic E-state index is 11.1. The fourth-order valence-electron chi connectivity index (χ4n) is 2.71. The Morgan fingerprint density at radius 3 is 2.73 bits per heavy atom. The molecule has 2 rings (SSSR count). The van der Waals surface area contributed by atoms with Gasteiger partial charge in [0.25, 0.3) is 0 Å². The number of hydrogen-bond acceptors (Lipinski definition) is 5. The Bertz CT molecular complexity index is 250. The van der Waals surface area contributed by atoms with E-state index in [4.69, 9.17) is 14.2 Å². The minimum Gasteiger partial charge on any atom is -0.462 e. The first-order valence-electron chi connectivity index (χ1n) is 5.10. The van der Waals surface area contributed by atoms with E-state index in [1.54, 1.807) is 0 Å². The number of ether oxygens (including phenoxy) is 3. The number of hydrogen-bond donors (Lipinski definition) is 1. The lowest BCUT2D eigenvalue weighted by Crippen LogP contribution is -2.35. The van der Waals surface area contributed by atoms with Gasteiger partial charge in [0.1, 0.15) is 6.10 Å². The summed E-state index contributed by atoms with van der Waals surface area (Å²) in [5.74, 6) is -0.332. The summed E-state index contributed by atoms with van der Waals surface area (Å²) in [4.78, 5) is 11.1. The molecule has 1 aliphatic heterocycles. The van der Waals surface area contributed by atoms with Crippen molar-refractivity contribution in [1.82, 2.24) is 0 Å². The van der Waals surface area contributed by atoms with Gasteiger partial charge in [0, 0.05) is 32.5 Å². The smallest absolute Gasteiger partial charge is 0.306 e. The number of carbonyl (C=O) groups excluding carboxylic acids is 1. The van der Waals surface area contributed by atoms with Gasteiger partial charge in [-0.15, -0.1) is 0 Å². The third-order valence-electron chi connectivity index (χ3n) is 3.35. The van der Waals surface area contributed by atoms with Crippen LogP contribution in [0.5, 0.6) is 0 Å². The highest BCUT2D eigenvalue weighted by Crippen LogP contribution is 2.43. The predicted octanol–water partition coefficient (Wildman–Crippen LogP) is -0.0822. The fourth-order valence-corrected chi connectivity index (χ4v) is 2.71. The van der Waals surface area contributed by atoms with Crippen molar-refractivity contribution in [2.24, 2.45) is 11.8 Å². The maximum atomic E-state index is 11.1. The Labute approximate surface area is 88.3 Å². The highest BCUT2D eigenvalue weighted by molar-refractivity contribution is 5.72. The van der Waals surface area contributed by atoms with E-state index in [2.05, 4.69) is 0 Å². The molecule has 0 radical (unpaired) electrons. The Balaban J connectivity index is 2.12. The molecule has 0 bridgehead atoms. The molecule has 1 N–H and O–H groups in total. The number of aliphatic hydroxyl groups excluding tert-OH is 1. The summed E-state index contributed by atoms with van der Waals surface area (Å²) in [6.45, 7) is 0. The summed E-state index contributed by atoms with van der Waals surface area (Å²) in [5.41, 5.74) is 0. The van der Waals surface area contributed by atoms with Crippen LogP contribution < -0.4 is 0 Å². The predicted molar refractivity (Wildman–Crippen MR) is 49.9 cm³/mol. The van der Waals surface area contributed by atoms with Crippen molar-refractivity contribution in [2.75, 3.05) is 14.2 Å². The van der Waals surface area contributed by atoms with Gasteiger partial charge in [-0.25, -0.2) is 0 Å². The molecule has 2 fully saturated rings. The molecule has 15 heavy (non-hydrogen) atoms. The number of methoxy groups -OCH3 is 2. The molecule has 0 aromatic rings. The first-order valence-corrected chi connectivity index (χ1v) is 5.10. The van der Waals surface area contributed by atoms with Gasteiger partial charge in [-0.3, -0.25) is 4.79 Å². The summed E-state index contributed by atoms with van der Waals surface area (Å²) in [6, 6.07) is 0. The van der Waals surface area contributed by atoms with Crippen LogP contribution in [0.25, 0.3) is 0 Å². The van der Waals surface area contributed by atoms with Gasteiger partial charge in [0.15, 0.2) is 6.29 Å². The van der Waals surface area contributed by atoms with E-state index in [1.807, 2.05) is 0 Å². The molecule has 1 heterocycles. The van der Waals surface area contributed by atoms with Crippen LogP contribution >= 0.6 is 0 Å². The molecular formula is C10H16O5. The van der Waals surface area contributed by atoms with Crippen molar-refractivity contribution in [2.45, 2.75) is 31.3 Å². The minimum absolute atomic E-state index is 0.0254. The zero-order valence-corrected chi connectivity index (χ0v) is 8.88. The lowest BCUT2D eigenvalue weighted by atomic mass is 9.91. The van der Waals surface area contributed by atoms with E-state index in [0.717, 1.165) is 0 Å². The Hall–Kier alpha value is -0.650. The van der Waals surface area contributed by atoms with E-state index in [0.29, 0.717) is 12.8 Å². The van der Waals surface area contributed by atoms with Crippen LogP contribution in [0, 0.1) is 11.8 Å². The summed E-state index contributed by atoms with van der Waals surface area (Å²) in [5, 5.41) is 9.86. The normalized spacial score (nSPS) is 39.6. The molecule has 1 saturated carbocycles. The fraction of sp³-hybridized carbons (Fsp3) is 0.900. The number of rotatable bonds is 3. The van der Waals surface area contributed by atoms with Gasteiger partial charge >= 0.3 is 5.97 Å². The van der Waals surface area contributed by atoms with Crippen molar-refractivity contribution in [1.29, 1.82) is 0 Å². The Morgan fingerprint density at radius 1 is 1.47 bits per heavy atom. The van der Waals surface area contributed by atoms with E-state index in [9.17, 15) is 9.90 Å². The van der Waals surface area contributed by atoms with Gasteiger partial charge in [-0.05, 0) is 0 Å². The third kappa shape index (κ3) is 1.75. The van der Waals surface area contributed by atoms with Gasteiger partial charge < -0.3 is 19.3 Å². The molecule has 0 aromatic carbocycles. The Morgan fingerprint density at radius 2 is 2.13 bits per heavy atom. The minimum atomic E-state index is -0.516. The second-order valence-electron chi connectivity index (χ2n) is 4.12. The van der Waals surface area contributed by atoms with Crippen LogP contribution in [-0.4, -0.2) is 43.8 Å². The first kappa shape index (κ1) is 10.9. The summed E-state index contributed by atoms with van der Waals surface area (Å²) in [6.07, 6.45) is -0.298. The van der Waals surface area contributed by atoms with Crippen LogP contribution in [0.4, 0.5) is 0 Å². The van der Waals surface area contributed by atoms with E-state index in [-0.39, 0.29) is 23.9 Å². The largest absolute Gasteiger partial charge is 0.462 e. The molecular weight excluding hydrogens is 200 g/mol. The SMILES string of the molecule is COC(OC)[C@@H]1C2CC(=O)O[C@H]2C[C@H]1O. The maximum Gasteiger partial charge on any atom is 0.306 e. The van der Waals surface area contributed by atoms with Crippen molar-refractivity contribution in [3.8, 4) is 0 Å². The van der Waals surface area contributed by atoms with E-state index in [1.165, 1.54) is 14.2 Å². The van der Waals surface area contributed by atoms with Crippen LogP contribution in [0.3, 0.4) is 0 Å². The molecule has 0 spiro atoms. The highest BCUT2D eigenvalue weighted by atomic mass is 16.7. The molecule has 86 valence electrons. The molecule has 1 unspecified atom stereocenters. The van der Waals surface area contributed by atoms with Gasteiger partial charge in [0.2, 0.25) is 0 Å². The van der Waals surface area contributed by atoms with Crippen LogP contribution in [-0.2, 0) is 19.0 Å². The van der Waals surface area contributed by atoms with Gasteiger partial charge in [-0.1, -0.05) is 0 Å². The summed E-state index contributed by atoms with van der Waals surface area (Å²) < 4.78 is 15.4. The molecule has 5 nitrogen and oxygen atoms in total. The Kier molecular flexibility index (Phi) is 2.95. The summed E-state index contributed by atoms with van der Waals surface area (Å²) in [7, 11) is 3.07. The van der Waals surface area contributed by atoms with Crippen molar-refractivity contribution in [3.05, 3.63) is 0 Å².